The lowest BCUT2D eigenvalue weighted by atomic mass is 10.0. The third-order valence-electron chi connectivity index (χ3n) is 4.14. The first-order chi connectivity index (χ1) is 11.1. The molecular weight excluding hydrogens is 312 g/mol. The molecule has 6 nitrogen and oxygen atoms in total. The van der Waals surface area contributed by atoms with Gasteiger partial charge in [-0.05, 0) is 24.5 Å². The molecular formula is C16H22N4O2S. The number of hydrogen-bond acceptors (Lipinski definition) is 3. The van der Waals surface area contributed by atoms with Crippen molar-refractivity contribution in [1.82, 2.24) is 18.8 Å². The van der Waals surface area contributed by atoms with Gasteiger partial charge in [-0.15, -0.1) is 0 Å². The van der Waals surface area contributed by atoms with Crippen LogP contribution in [0.3, 0.4) is 0 Å². The zero-order chi connectivity index (χ0) is 16.3. The molecule has 1 fully saturated rings. The van der Waals surface area contributed by atoms with Gasteiger partial charge >= 0.3 is 0 Å². The highest BCUT2D eigenvalue weighted by Gasteiger charge is 2.34. The fourth-order valence-corrected chi connectivity index (χ4v) is 4.39. The van der Waals surface area contributed by atoms with Gasteiger partial charge in [0.1, 0.15) is 0 Å². The van der Waals surface area contributed by atoms with Gasteiger partial charge in [0.2, 0.25) is 0 Å². The molecule has 3 rings (SSSR count). The summed E-state index contributed by atoms with van der Waals surface area (Å²) in [6, 6.07) is 11.3. The highest BCUT2D eigenvalue weighted by molar-refractivity contribution is 7.87. The molecule has 2 heterocycles. The number of nitrogens with zero attached hydrogens (tertiary/aromatic N) is 3. The maximum atomic E-state index is 12.7. The van der Waals surface area contributed by atoms with Crippen molar-refractivity contribution in [3.8, 4) is 0 Å². The lowest BCUT2D eigenvalue weighted by Gasteiger charge is -2.33. The van der Waals surface area contributed by atoms with Gasteiger partial charge in [0.05, 0.1) is 11.7 Å². The summed E-state index contributed by atoms with van der Waals surface area (Å²) in [6.45, 7) is 0.833. The van der Waals surface area contributed by atoms with E-state index in [0.717, 1.165) is 30.5 Å². The van der Waals surface area contributed by atoms with Gasteiger partial charge in [-0.1, -0.05) is 36.8 Å². The Morgan fingerprint density at radius 3 is 2.70 bits per heavy atom. The van der Waals surface area contributed by atoms with Crippen LogP contribution in [0.5, 0.6) is 0 Å². The molecule has 1 aliphatic rings. The number of benzene rings is 1. The third-order valence-corrected chi connectivity index (χ3v) is 5.70. The second-order valence-corrected chi connectivity index (χ2v) is 7.56. The van der Waals surface area contributed by atoms with Crippen LogP contribution < -0.4 is 4.72 Å². The second-order valence-electron chi connectivity index (χ2n) is 5.85. The monoisotopic (exact) mass is 334 g/mol. The molecule has 1 aromatic heterocycles. The Kier molecular flexibility index (Phi) is 4.79. The van der Waals surface area contributed by atoms with Crippen molar-refractivity contribution >= 4 is 10.2 Å². The lowest BCUT2D eigenvalue weighted by Crippen LogP contribution is -2.45. The average molecular weight is 334 g/mol. The van der Waals surface area contributed by atoms with Gasteiger partial charge in [0.15, 0.2) is 0 Å². The Labute approximate surface area is 137 Å². The van der Waals surface area contributed by atoms with E-state index in [2.05, 4.69) is 9.82 Å². The fourth-order valence-electron chi connectivity index (χ4n) is 2.95. The molecule has 0 radical (unpaired) electrons. The van der Waals surface area contributed by atoms with Gasteiger partial charge in [0.25, 0.3) is 10.2 Å². The standard InChI is InChI=1S/C16H22N4O2S/c1-19-12-10-15(18-19)16-9-5-6-11-20(16)23(21,22)17-13-14-7-3-2-4-8-14/h2-4,7-8,10,12,16-17H,5-6,9,11,13H2,1H3/t16-/m0/s1. The fraction of sp³-hybridized carbons (Fsp3) is 0.438. The minimum Gasteiger partial charge on any atom is -0.275 e. The molecule has 0 aliphatic carbocycles. The van der Waals surface area contributed by atoms with E-state index in [4.69, 9.17) is 0 Å². The molecule has 1 aromatic carbocycles. The van der Waals surface area contributed by atoms with E-state index in [1.807, 2.05) is 49.6 Å². The summed E-state index contributed by atoms with van der Waals surface area (Å²) in [6.07, 6.45) is 4.57. The van der Waals surface area contributed by atoms with E-state index >= 15 is 0 Å². The Morgan fingerprint density at radius 2 is 2.00 bits per heavy atom. The molecule has 0 amide bonds. The molecule has 2 aromatic rings. The maximum absolute atomic E-state index is 12.7. The number of aromatic nitrogens is 2. The van der Waals surface area contributed by atoms with Crippen molar-refractivity contribution < 1.29 is 8.42 Å². The van der Waals surface area contributed by atoms with Crippen LogP contribution in [0, 0.1) is 0 Å². The minimum absolute atomic E-state index is 0.182. The number of hydrogen-bond donors (Lipinski definition) is 1. The summed E-state index contributed by atoms with van der Waals surface area (Å²) >= 11 is 0. The second kappa shape index (κ2) is 6.82. The zero-order valence-electron chi connectivity index (χ0n) is 13.2. The summed E-state index contributed by atoms with van der Waals surface area (Å²) in [5.74, 6) is 0. The summed E-state index contributed by atoms with van der Waals surface area (Å²) in [7, 11) is -1.69. The molecule has 7 heteroatoms. The Bertz CT molecular complexity index is 742. The number of nitrogens with one attached hydrogen (secondary N) is 1. The predicted octanol–water partition coefficient (Wildman–Crippen LogP) is 1.98. The molecule has 1 atom stereocenters. The SMILES string of the molecule is Cn1ccc([C@@H]2CCCCN2S(=O)(=O)NCc2ccccc2)n1. The molecule has 1 N–H and O–H groups in total. The molecule has 1 saturated heterocycles. The highest BCUT2D eigenvalue weighted by Crippen LogP contribution is 2.31. The van der Waals surface area contributed by atoms with Crippen molar-refractivity contribution in [3.05, 3.63) is 53.9 Å². The first-order valence-corrected chi connectivity index (χ1v) is 9.30. The van der Waals surface area contributed by atoms with E-state index in [9.17, 15) is 8.42 Å². The van der Waals surface area contributed by atoms with Crippen LogP contribution in [0.4, 0.5) is 0 Å². The van der Waals surface area contributed by atoms with Crippen molar-refractivity contribution in [2.75, 3.05) is 6.54 Å². The van der Waals surface area contributed by atoms with Crippen LogP contribution in [0.25, 0.3) is 0 Å². The van der Waals surface area contributed by atoms with Crippen LogP contribution in [-0.4, -0.2) is 29.0 Å². The number of aryl methyl sites for hydroxylation is 1. The molecule has 0 saturated carbocycles. The van der Waals surface area contributed by atoms with E-state index in [1.54, 1.807) is 8.99 Å². The van der Waals surface area contributed by atoms with Crippen molar-refractivity contribution in [2.24, 2.45) is 7.05 Å². The topological polar surface area (TPSA) is 67.2 Å². The Balaban J connectivity index is 1.76. The smallest absolute Gasteiger partial charge is 0.275 e. The van der Waals surface area contributed by atoms with Gasteiger partial charge < -0.3 is 0 Å². The van der Waals surface area contributed by atoms with Crippen LogP contribution in [-0.2, 0) is 23.8 Å². The maximum Gasteiger partial charge on any atom is 0.280 e. The van der Waals surface area contributed by atoms with Crippen LogP contribution in [0.2, 0.25) is 0 Å². The molecule has 124 valence electrons. The average Bonchev–Trinajstić information content (AvgIpc) is 3.00. The first kappa shape index (κ1) is 16.2. The Hall–Kier alpha value is -1.70. The van der Waals surface area contributed by atoms with Crippen LogP contribution in [0.15, 0.2) is 42.6 Å². The first-order valence-electron chi connectivity index (χ1n) is 7.86. The summed E-state index contributed by atoms with van der Waals surface area (Å²) < 4.78 is 31.4. The van der Waals surface area contributed by atoms with E-state index in [1.165, 1.54) is 0 Å². The Morgan fingerprint density at radius 1 is 1.22 bits per heavy atom. The summed E-state index contributed by atoms with van der Waals surface area (Å²) in [5, 5.41) is 4.40. The number of rotatable bonds is 5. The lowest BCUT2D eigenvalue weighted by molar-refractivity contribution is 0.247. The molecule has 23 heavy (non-hydrogen) atoms. The van der Waals surface area contributed by atoms with Crippen LogP contribution >= 0.6 is 0 Å². The van der Waals surface area contributed by atoms with Gasteiger partial charge in [-0.2, -0.15) is 22.5 Å². The molecule has 0 spiro atoms. The van der Waals surface area contributed by atoms with Crippen LogP contribution in [0.1, 0.15) is 36.6 Å². The minimum atomic E-state index is -3.54. The molecule has 1 aliphatic heterocycles. The van der Waals surface area contributed by atoms with E-state index in [-0.39, 0.29) is 6.04 Å². The predicted molar refractivity (Wildman–Crippen MR) is 88.7 cm³/mol. The van der Waals surface area contributed by atoms with Crippen molar-refractivity contribution in [3.63, 3.8) is 0 Å². The van der Waals surface area contributed by atoms with Crippen molar-refractivity contribution in [2.45, 2.75) is 31.8 Å². The summed E-state index contributed by atoms with van der Waals surface area (Å²) in [4.78, 5) is 0. The quantitative estimate of drug-likeness (QED) is 0.909. The molecule has 0 unspecified atom stereocenters. The highest BCUT2D eigenvalue weighted by atomic mass is 32.2. The van der Waals surface area contributed by atoms with E-state index in [0.29, 0.717) is 13.1 Å². The summed E-state index contributed by atoms with van der Waals surface area (Å²) in [5.41, 5.74) is 1.76. The van der Waals surface area contributed by atoms with Crippen molar-refractivity contribution in [1.29, 1.82) is 0 Å². The van der Waals surface area contributed by atoms with Gasteiger partial charge in [0, 0.05) is 26.3 Å². The molecule has 0 bridgehead atoms. The van der Waals surface area contributed by atoms with Gasteiger partial charge in [-0.25, -0.2) is 0 Å². The van der Waals surface area contributed by atoms with Gasteiger partial charge in [-0.3, -0.25) is 4.68 Å². The third kappa shape index (κ3) is 3.80. The largest absolute Gasteiger partial charge is 0.280 e. The zero-order valence-corrected chi connectivity index (χ0v) is 14.0. The normalized spacial score (nSPS) is 19.8. The number of piperidine rings is 1. The van der Waals surface area contributed by atoms with E-state index < -0.39 is 10.2 Å².